The molecule has 1 amide bonds. The van der Waals surface area contributed by atoms with Gasteiger partial charge in [-0.1, -0.05) is 6.58 Å². The number of likely N-dealkylation sites (tertiary alicyclic amines) is 1. The predicted molar refractivity (Wildman–Crippen MR) is 76.2 cm³/mol. The van der Waals surface area contributed by atoms with Crippen LogP contribution in [0.2, 0.25) is 0 Å². The van der Waals surface area contributed by atoms with Gasteiger partial charge in [0.2, 0.25) is 5.83 Å². The standard InChI is InChI=1S/C13H15F6NO7S/c1-8(14)9(21)27-12(13(17,18)19,10(22)20-5-3-2-4-6-20)26-7-11(15,16)28(23,24)25/h1-7H2,(H,23,24,25)/p-1. The summed E-state index contributed by atoms with van der Waals surface area (Å²) in [5.41, 5.74) is 0. The van der Waals surface area contributed by atoms with E-state index < -0.39 is 51.6 Å². The molecule has 1 heterocycles. The Hall–Kier alpha value is -1.87. The molecule has 1 unspecified atom stereocenters. The molecular formula is C13H14F6NO7S-. The molecule has 0 spiro atoms. The molecule has 162 valence electrons. The quantitative estimate of drug-likeness (QED) is 0.193. The smallest absolute Gasteiger partial charge is 0.466 e. The lowest BCUT2D eigenvalue weighted by Gasteiger charge is -2.38. The molecule has 0 aromatic rings. The fourth-order valence-electron chi connectivity index (χ4n) is 2.14. The van der Waals surface area contributed by atoms with Gasteiger partial charge < -0.3 is 18.9 Å². The predicted octanol–water partition coefficient (Wildman–Crippen LogP) is 1.44. The summed E-state index contributed by atoms with van der Waals surface area (Å²) in [4.78, 5) is 24.1. The normalized spacial score (nSPS) is 18.3. The molecule has 0 radical (unpaired) electrons. The Morgan fingerprint density at radius 1 is 1.07 bits per heavy atom. The van der Waals surface area contributed by atoms with Crippen molar-refractivity contribution < 1.29 is 58.4 Å². The SMILES string of the molecule is C=C(F)C(=O)OC(OCC(F)(F)S(=O)(=O)[O-])(C(=O)N1CCCCC1)C(F)(F)F. The van der Waals surface area contributed by atoms with Crippen LogP contribution in [0.25, 0.3) is 0 Å². The van der Waals surface area contributed by atoms with Gasteiger partial charge in [-0.2, -0.15) is 26.3 Å². The van der Waals surface area contributed by atoms with Crippen molar-refractivity contribution in [2.75, 3.05) is 19.7 Å². The van der Waals surface area contributed by atoms with Crippen molar-refractivity contribution in [3.05, 3.63) is 12.4 Å². The maximum atomic E-state index is 13.6. The molecule has 1 aliphatic rings. The second kappa shape index (κ2) is 8.24. The van der Waals surface area contributed by atoms with E-state index in [1.165, 1.54) is 0 Å². The number of amides is 1. The first-order valence-electron chi connectivity index (χ1n) is 7.46. The van der Waals surface area contributed by atoms with Gasteiger partial charge in [0.1, 0.15) is 6.61 Å². The fourth-order valence-corrected chi connectivity index (χ4v) is 2.35. The van der Waals surface area contributed by atoms with Crippen LogP contribution in [0.4, 0.5) is 26.3 Å². The van der Waals surface area contributed by atoms with E-state index >= 15 is 0 Å². The van der Waals surface area contributed by atoms with E-state index in [0.29, 0.717) is 11.3 Å². The third-order valence-corrected chi connectivity index (χ3v) is 4.41. The minimum absolute atomic E-state index is 0.217. The monoisotopic (exact) mass is 442 g/mol. The van der Waals surface area contributed by atoms with Crippen LogP contribution in [0.1, 0.15) is 19.3 Å². The van der Waals surface area contributed by atoms with Crippen molar-refractivity contribution in [3.8, 4) is 0 Å². The van der Waals surface area contributed by atoms with Gasteiger partial charge in [0.15, 0.2) is 10.1 Å². The van der Waals surface area contributed by atoms with Gasteiger partial charge in [0.25, 0.3) is 0 Å². The van der Waals surface area contributed by atoms with Gasteiger partial charge in [-0.15, -0.1) is 0 Å². The second-order valence-electron chi connectivity index (χ2n) is 5.64. The molecule has 0 saturated carbocycles. The van der Waals surface area contributed by atoms with Crippen LogP contribution in [0.3, 0.4) is 0 Å². The Kier molecular flexibility index (Phi) is 7.12. The van der Waals surface area contributed by atoms with E-state index in [9.17, 15) is 48.9 Å². The largest absolute Gasteiger partial charge is 0.743 e. The van der Waals surface area contributed by atoms with E-state index in [1.807, 2.05) is 0 Å². The van der Waals surface area contributed by atoms with Gasteiger partial charge in [0.05, 0.1) is 0 Å². The van der Waals surface area contributed by atoms with Gasteiger partial charge in [0, 0.05) is 13.1 Å². The zero-order valence-corrected chi connectivity index (χ0v) is 14.7. The molecule has 1 aliphatic heterocycles. The Morgan fingerprint density at radius 3 is 1.96 bits per heavy atom. The molecule has 1 saturated heterocycles. The summed E-state index contributed by atoms with van der Waals surface area (Å²) in [6.45, 7) is -1.03. The number of esters is 1. The van der Waals surface area contributed by atoms with Crippen LogP contribution in [-0.4, -0.2) is 66.7 Å². The molecule has 0 aromatic carbocycles. The van der Waals surface area contributed by atoms with Crippen molar-refractivity contribution >= 4 is 22.0 Å². The van der Waals surface area contributed by atoms with Crippen molar-refractivity contribution in [2.24, 2.45) is 0 Å². The van der Waals surface area contributed by atoms with Crippen LogP contribution >= 0.6 is 0 Å². The van der Waals surface area contributed by atoms with E-state index in [4.69, 9.17) is 0 Å². The minimum Gasteiger partial charge on any atom is -0.743 e. The third kappa shape index (κ3) is 5.14. The average Bonchev–Trinajstić information content (AvgIpc) is 2.56. The lowest BCUT2D eigenvalue weighted by atomic mass is 10.1. The molecule has 1 rings (SSSR count). The summed E-state index contributed by atoms with van der Waals surface area (Å²) in [6.07, 6.45) is -5.09. The summed E-state index contributed by atoms with van der Waals surface area (Å²) in [7, 11) is -6.50. The number of nitrogens with zero attached hydrogens (tertiary/aromatic N) is 1. The van der Waals surface area contributed by atoms with Crippen molar-refractivity contribution in [1.29, 1.82) is 0 Å². The highest BCUT2D eigenvalue weighted by atomic mass is 32.2. The summed E-state index contributed by atoms with van der Waals surface area (Å²) in [6, 6.07) is 0. The van der Waals surface area contributed by atoms with Gasteiger partial charge >= 0.3 is 29.1 Å². The number of carbonyl (C=O) groups is 2. The summed E-state index contributed by atoms with van der Waals surface area (Å²) < 4.78 is 119. The molecule has 8 nitrogen and oxygen atoms in total. The van der Waals surface area contributed by atoms with Gasteiger partial charge in [-0.25, -0.2) is 13.2 Å². The summed E-state index contributed by atoms with van der Waals surface area (Å²) in [5, 5.41) is -5.41. The Balaban J connectivity index is 3.41. The maximum absolute atomic E-state index is 13.6. The zero-order chi connectivity index (χ0) is 22.0. The molecular weight excluding hydrogens is 428 g/mol. The van der Waals surface area contributed by atoms with Crippen LogP contribution in [0, 0.1) is 0 Å². The molecule has 15 heteroatoms. The van der Waals surface area contributed by atoms with Crippen LogP contribution in [0.15, 0.2) is 12.4 Å². The first-order valence-corrected chi connectivity index (χ1v) is 8.87. The lowest BCUT2D eigenvalue weighted by molar-refractivity contribution is -0.356. The summed E-state index contributed by atoms with van der Waals surface area (Å²) in [5.74, 6) is -11.6. The Bertz CT molecular complexity index is 732. The fraction of sp³-hybridized carbons (Fsp3) is 0.692. The van der Waals surface area contributed by atoms with Crippen molar-refractivity contribution in [3.63, 3.8) is 0 Å². The molecule has 0 aliphatic carbocycles. The number of piperidine rings is 1. The third-order valence-electron chi connectivity index (χ3n) is 3.57. The molecule has 1 atom stereocenters. The molecule has 0 aromatic heterocycles. The van der Waals surface area contributed by atoms with Crippen molar-refractivity contribution in [2.45, 2.75) is 36.5 Å². The van der Waals surface area contributed by atoms with Crippen molar-refractivity contribution in [1.82, 2.24) is 4.90 Å². The van der Waals surface area contributed by atoms with E-state index in [1.54, 1.807) is 0 Å². The number of hydrogen-bond acceptors (Lipinski definition) is 7. The minimum atomic E-state index is -6.50. The molecule has 0 N–H and O–H groups in total. The second-order valence-corrected chi connectivity index (χ2v) is 7.15. The van der Waals surface area contributed by atoms with Gasteiger partial charge in [-0.05, 0) is 19.3 Å². The van der Waals surface area contributed by atoms with Crippen LogP contribution in [-0.2, 0) is 29.2 Å². The first-order chi connectivity index (χ1) is 12.6. The Labute approximate surface area is 154 Å². The number of carbonyl (C=O) groups excluding carboxylic acids is 2. The summed E-state index contributed by atoms with van der Waals surface area (Å²) >= 11 is 0. The number of halogens is 6. The number of hydrogen-bond donors (Lipinski definition) is 0. The first kappa shape index (κ1) is 24.2. The lowest BCUT2D eigenvalue weighted by Crippen LogP contribution is -2.63. The highest BCUT2D eigenvalue weighted by Crippen LogP contribution is 2.39. The molecule has 1 fully saturated rings. The molecule has 28 heavy (non-hydrogen) atoms. The van der Waals surface area contributed by atoms with E-state index in [2.05, 4.69) is 16.1 Å². The highest BCUT2D eigenvalue weighted by Gasteiger charge is 2.68. The Morgan fingerprint density at radius 2 is 1.57 bits per heavy atom. The number of ether oxygens (including phenoxy) is 2. The van der Waals surface area contributed by atoms with Crippen LogP contribution < -0.4 is 0 Å². The van der Waals surface area contributed by atoms with Crippen LogP contribution in [0.5, 0.6) is 0 Å². The zero-order valence-electron chi connectivity index (χ0n) is 13.9. The molecule has 0 bridgehead atoms. The van der Waals surface area contributed by atoms with E-state index in [0.717, 1.165) is 0 Å². The number of alkyl halides is 5. The number of rotatable bonds is 7. The van der Waals surface area contributed by atoms with E-state index in [-0.39, 0.29) is 25.9 Å². The average molecular weight is 442 g/mol. The highest BCUT2D eigenvalue weighted by molar-refractivity contribution is 7.86. The topological polar surface area (TPSA) is 113 Å². The maximum Gasteiger partial charge on any atom is 0.466 e. The van der Waals surface area contributed by atoms with Gasteiger partial charge in [-0.3, -0.25) is 4.79 Å².